The molecule has 2 aromatic heterocycles. The van der Waals surface area contributed by atoms with Crippen LogP contribution in [-0.2, 0) is 11.5 Å². The van der Waals surface area contributed by atoms with E-state index < -0.39 is 8.07 Å². The third-order valence-electron chi connectivity index (χ3n) is 2.87. The quantitative estimate of drug-likeness (QED) is 0.669. The summed E-state index contributed by atoms with van der Waals surface area (Å²) in [7, 11) is -1.05. The van der Waals surface area contributed by atoms with E-state index in [0.717, 1.165) is 28.0 Å². The Kier molecular flexibility index (Phi) is 4.27. The fraction of sp³-hybridized carbons (Fsp3) is 0.500. The van der Waals surface area contributed by atoms with Gasteiger partial charge in [-0.15, -0.1) is 0 Å². The van der Waals surface area contributed by atoms with Crippen molar-refractivity contribution in [1.29, 1.82) is 0 Å². The molecule has 0 saturated carbocycles. The molecular weight excluding hydrogens is 324 g/mol. The van der Waals surface area contributed by atoms with Gasteiger partial charge in [-0.3, -0.25) is 0 Å². The summed E-state index contributed by atoms with van der Waals surface area (Å²) in [5.74, 6) is 0.492. The van der Waals surface area contributed by atoms with E-state index in [0.29, 0.717) is 12.5 Å². The maximum atomic E-state index is 5.83. The van der Waals surface area contributed by atoms with Gasteiger partial charge in [0.15, 0.2) is 0 Å². The highest BCUT2D eigenvalue weighted by Gasteiger charge is 2.13. The molecule has 2 N–H and O–H groups in total. The number of aromatic nitrogens is 3. The molecule has 0 aromatic carbocycles. The number of pyridine rings is 1. The Bertz CT molecular complexity index is 579. The first kappa shape index (κ1) is 14.5. The second kappa shape index (κ2) is 5.60. The normalized spacial score (nSPS) is 12.2. The third-order valence-corrected chi connectivity index (χ3v) is 5.15. The Balaban J connectivity index is 2.08. The smallest absolute Gasteiger partial charge is 0.140 e. The number of ether oxygens (including phenoxy) is 1. The molecule has 2 aromatic rings. The molecule has 0 aliphatic carbocycles. The van der Waals surface area contributed by atoms with Gasteiger partial charge in [-0.1, -0.05) is 19.6 Å². The number of rotatable bonds is 5. The van der Waals surface area contributed by atoms with E-state index in [1.54, 1.807) is 12.4 Å². The number of halogens is 1. The van der Waals surface area contributed by atoms with Crippen molar-refractivity contribution in [3.05, 3.63) is 16.9 Å². The summed E-state index contributed by atoms with van der Waals surface area (Å²) in [5, 5.41) is 5.15. The number of hydrogen-bond donors (Lipinski definition) is 1. The molecule has 2 heterocycles. The lowest BCUT2D eigenvalue weighted by molar-refractivity contribution is 0.0816. The average Bonchev–Trinajstić information content (AvgIpc) is 2.73. The van der Waals surface area contributed by atoms with Crippen molar-refractivity contribution in [2.75, 3.05) is 12.3 Å². The highest BCUT2D eigenvalue weighted by atomic mass is 79.9. The summed E-state index contributed by atoms with van der Waals surface area (Å²) in [6, 6.07) is 1.15. The van der Waals surface area contributed by atoms with E-state index in [1.165, 1.54) is 0 Å². The van der Waals surface area contributed by atoms with Crippen molar-refractivity contribution in [2.45, 2.75) is 32.4 Å². The summed E-state index contributed by atoms with van der Waals surface area (Å²) in [5.41, 5.74) is 6.76. The van der Waals surface area contributed by atoms with Gasteiger partial charge in [0, 0.05) is 20.9 Å². The molecule has 0 amide bonds. The maximum Gasteiger partial charge on any atom is 0.140 e. The lowest BCUT2D eigenvalue weighted by Gasteiger charge is -2.15. The van der Waals surface area contributed by atoms with Crippen LogP contribution in [-0.4, -0.2) is 29.4 Å². The van der Waals surface area contributed by atoms with E-state index in [-0.39, 0.29) is 0 Å². The van der Waals surface area contributed by atoms with Gasteiger partial charge in [-0.05, 0) is 22.0 Å². The first-order valence-corrected chi connectivity index (χ1v) is 10.7. The molecule has 0 atom stereocenters. The number of nitrogens with zero attached hydrogens (tertiary/aromatic N) is 3. The number of hydrogen-bond acceptors (Lipinski definition) is 4. The van der Waals surface area contributed by atoms with Gasteiger partial charge in [0.05, 0.1) is 21.6 Å². The lowest BCUT2D eigenvalue weighted by Crippen LogP contribution is -2.22. The van der Waals surface area contributed by atoms with Crippen LogP contribution in [0.2, 0.25) is 25.7 Å². The highest BCUT2D eigenvalue weighted by Crippen LogP contribution is 2.26. The van der Waals surface area contributed by atoms with E-state index >= 15 is 0 Å². The van der Waals surface area contributed by atoms with Crippen molar-refractivity contribution >= 4 is 40.7 Å². The average molecular weight is 343 g/mol. The van der Waals surface area contributed by atoms with E-state index in [2.05, 4.69) is 45.7 Å². The summed E-state index contributed by atoms with van der Waals surface area (Å²) in [4.78, 5) is 4.09. The van der Waals surface area contributed by atoms with Crippen LogP contribution < -0.4 is 5.73 Å². The summed E-state index contributed by atoms with van der Waals surface area (Å²) in [6.07, 6.45) is 3.42. The van der Waals surface area contributed by atoms with Crippen LogP contribution in [0.5, 0.6) is 0 Å². The molecule has 0 spiro atoms. The summed E-state index contributed by atoms with van der Waals surface area (Å²) >= 11 is 3.47. The van der Waals surface area contributed by atoms with E-state index in [4.69, 9.17) is 10.5 Å². The Morgan fingerprint density at radius 3 is 2.79 bits per heavy atom. The summed E-state index contributed by atoms with van der Waals surface area (Å²) in [6.45, 7) is 8.22. The standard InChI is InChI=1S/C12H19BrN4OSi/c1-19(2,3)5-4-18-8-17-11-9(6-16-17)12(14)15-7-10(11)13/h6-7H,4-5,8H2,1-3H3,(H2,14,15). The minimum absolute atomic E-state index is 0.441. The Hall–Kier alpha value is -0.923. The molecule has 0 aliphatic heterocycles. The minimum Gasteiger partial charge on any atom is -0.383 e. The van der Waals surface area contributed by atoms with Crippen molar-refractivity contribution in [1.82, 2.24) is 14.8 Å². The molecule has 7 heteroatoms. The molecular formula is C12H19BrN4OSi. The first-order chi connectivity index (χ1) is 8.88. The zero-order valence-electron chi connectivity index (χ0n) is 11.5. The van der Waals surface area contributed by atoms with Crippen LogP contribution in [0.1, 0.15) is 0 Å². The van der Waals surface area contributed by atoms with Gasteiger partial charge in [-0.2, -0.15) is 5.10 Å². The van der Waals surface area contributed by atoms with Crippen LogP contribution in [0, 0.1) is 0 Å². The number of nitrogen functional groups attached to an aromatic ring is 1. The highest BCUT2D eigenvalue weighted by molar-refractivity contribution is 9.10. The predicted octanol–water partition coefficient (Wildman–Crippen LogP) is 3.09. The molecule has 0 unspecified atom stereocenters. The number of anilines is 1. The predicted molar refractivity (Wildman–Crippen MR) is 83.7 cm³/mol. The molecule has 19 heavy (non-hydrogen) atoms. The van der Waals surface area contributed by atoms with Crippen molar-refractivity contribution < 1.29 is 4.74 Å². The molecule has 0 fully saturated rings. The van der Waals surface area contributed by atoms with Crippen molar-refractivity contribution in [2.24, 2.45) is 0 Å². The Labute approximate surface area is 122 Å². The molecule has 104 valence electrons. The van der Waals surface area contributed by atoms with Gasteiger partial charge in [0.25, 0.3) is 0 Å². The molecule has 0 bridgehead atoms. The topological polar surface area (TPSA) is 66.0 Å². The number of nitrogens with two attached hydrogens (primary N) is 1. The fourth-order valence-corrected chi connectivity index (χ4v) is 2.99. The minimum atomic E-state index is -1.05. The molecule has 0 radical (unpaired) electrons. The van der Waals surface area contributed by atoms with Gasteiger partial charge >= 0.3 is 0 Å². The molecule has 0 saturated heterocycles. The van der Waals surface area contributed by atoms with Gasteiger partial charge in [-0.25, -0.2) is 9.67 Å². The zero-order valence-corrected chi connectivity index (χ0v) is 14.1. The SMILES string of the molecule is C[Si](C)(C)CCOCn1ncc2c(N)ncc(Br)c21. The van der Waals surface area contributed by atoms with Gasteiger partial charge in [0.2, 0.25) is 0 Å². The Morgan fingerprint density at radius 2 is 2.11 bits per heavy atom. The number of fused-ring (bicyclic) bond motifs is 1. The van der Waals surface area contributed by atoms with Crippen LogP contribution in [0.15, 0.2) is 16.9 Å². The van der Waals surface area contributed by atoms with Gasteiger partial charge < -0.3 is 10.5 Å². The van der Waals surface area contributed by atoms with Crippen molar-refractivity contribution in [3.8, 4) is 0 Å². The Morgan fingerprint density at radius 1 is 1.37 bits per heavy atom. The molecule has 2 rings (SSSR count). The van der Waals surface area contributed by atoms with Crippen LogP contribution >= 0.6 is 15.9 Å². The summed E-state index contributed by atoms with van der Waals surface area (Å²) < 4.78 is 8.40. The van der Waals surface area contributed by atoms with E-state index in [1.807, 2.05) is 4.68 Å². The second-order valence-corrected chi connectivity index (χ2v) is 12.2. The second-order valence-electron chi connectivity index (χ2n) is 5.75. The zero-order chi connectivity index (χ0) is 14.0. The van der Waals surface area contributed by atoms with Crippen LogP contribution in [0.25, 0.3) is 10.9 Å². The lowest BCUT2D eigenvalue weighted by atomic mass is 10.3. The third kappa shape index (κ3) is 3.55. The van der Waals surface area contributed by atoms with E-state index in [9.17, 15) is 0 Å². The van der Waals surface area contributed by atoms with Gasteiger partial charge in [0.1, 0.15) is 12.5 Å². The van der Waals surface area contributed by atoms with Crippen molar-refractivity contribution in [3.63, 3.8) is 0 Å². The largest absolute Gasteiger partial charge is 0.383 e. The fourth-order valence-electron chi connectivity index (χ4n) is 1.71. The monoisotopic (exact) mass is 342 g/mol. The van der Waals surface area contributed by atoms with Crippen LogP contribution in [0.3, 0.4) is 0 Å². The van der Waals surface area contributed by atoms with Crippen LogP contribution in [0.4, 0.5) is 5.82 Å². The maximum absolute atomic E-state index is 5.83. The first-order valence-electron chi connectivity index (χ1n) is 6.22. The molecule has 5 nitrogen and oxygen atoms in total. The molecule has 0 aliphatic rings.